The summed E-state index contributed by atoms with van der Waals surface area (Å²) in [5.41, 5.74) is 0.848. The number of alkyl halides is 3. The van der Waals surface area contributed by atoms with Crippen molar-refractivity contribution in [1.29, 1.82) is 0 Å². The maximum Gasteiger partial charge on any atom is 0.490 e. The summed E-state index contributed by atoms with van der Waals surface area (Å²) in [4.78, 5) is 20.1. The van der Waals surface area contributed by atoms with Crippen molar-refractivity contribution in [2.45, 2.75) is 37.1 Å². The molecule has 1 fully saturated rings. The van der Waals surface area contributed by atoms with Crippen LogP contribution in [-0.4, -0.2) is 73.3 Å². The molecule has 3 rings (SSSR count). The number of halogens is 3. The Hall–Kier alpha value is -2.41. The van der Waals surface area contributed by atoms with E-state index in [2.05, 4.69) is 25.2 Å². The highest BCUT2D eigenvalue weighted by Gasteiger charge is 2.38. The van der Waals surface area contributed by atoms with Gasteiger partial charge in [0.1, 0.15) is 5.82 Å². The molecule has 1 atom stereocenters. The molecule has 9 nitrogen and oxygen atoms in total. The predicted octanol–water partition coefficient (Wildman–Crippen LogP) is 1.87. The van der Waals surface area contributed by atoms with E-state index in [0.717, 1.165) is 42.7 Å². The molecular formula is C17H23F3N6O3S. The van der Waals surface area contributed by atoms with Crippen LogP contribution < -0.4 is 4.90 Å². The number of aliphatic hydroxyl groups is 1. The van der Waals surface area contributed by atoms with Crippen LogP contribution in [0.5, 0.6) is 0 Å². The van der Waals surface area contributed by atoms with Gasteiger partial charge in [0.15, 0.2) is 5.16 Å². The molecule has 3 heterocycles. The lowest BCUT2D eigenvalue weighted by molar-refractivity contribution is -0.192. The fourth-order valence-corrected chi connectivity index (χ4v) is 3.30. The summed E-state index contributed by atoms with van der Waals surface area (Å²) < 4.78 is 33.6. The SMILES string of the molecule is CSc1nccc(N2CCCC(Cn3cc(CCO)nn3)C2)n1.O=C(O)C(F)(F)F. The van der Waals surface area contributed by atoms with Crippen molar-refractivity contribution in [3.63, 3.8) is 0 Å². The average molecular weight is 448 g/mol. The Morgan fingerprint density at radius 3 is 2.77 bits per heavy atom. The number of carboxylic acids is 1. The number of hydrogen-bond donors (Lipinski definition) is 2. The second-order valence-corrected chi connectivity index (χ2v) is 7.34. The van der Waals surface area contributed by atoms with Gasteiger partial charge in [0, 0.05) is 45.1 Å². The first-order valence-electron chi connectivity index (χ1n) is 9.15. The third-order valence-corrected chi connectivity index (χ3v) is 4.85. The Morgan fingerprint density at radius 1 is 1.40 bits per heavy atom. The van der Waals surface area contributed by atoms with Crippen LogP contribution in [0.4, 0.5) is 19.0 Å². The lowest BCUT2D eigenvalue weighted by Gasteiger charge is -2.33. The van der Waals surface area contributed by atoms with Gasteiger partial charge in [-0.1, -0.05) is 17.0 Å². The molecule has 2 aromatic rings. The maximum atomic E-state index is 10.6. The summed E-state index contributed by atoms with van der Waals surface area (Å²) in [6.45, 7) is 2.98. The summed E-state index contributed by atoms with van der Waals surface area (Å²) in [5.74, 6) is -1.22. The zero-order valence-electron chi connectivity index (χ0n) is 16.3. The molecule has 0 spiro atoms. The molecule has 1 aliphatic heterocycles. The van der Waals surface area contributed by atoms with Crippen LogP contribution in [-0.2, 0) is 17.8 Å². The highest BCUT2D eigenvalue weighted by molar-refractivity contribution is 7.98. The van der Waals surface area contributed by atoms with Crippen LogP contribution in [0, 0.1) is 5.92 Å². The van der Waals surface area contributed by atoms with Crippen molar-refractivity contribution in [3.05, 3.63) is 24.2 Å². The lowest BCUT2D eigenvalue weighted by atomic mass is 9.98. The molecule has 2 aromatic heterocycles. The van der Waals surface area contributed by atoms with Gasteiger partial charge in [0.25, 0.3) is 0 Å². The number of hydrogen-bond acceptors (Lipinski definition) is 8. The van der Waals surface area contributed by atoms with E-state index >= 15 is 0 Å². The van der Waals surface area contributed by atoms with E-state index in [1.165, 1.54) is 6.42 Å². The number of piperidine rings is 1. The van der Waals surface area contributed by atoms with Crippen molar-refractivity contribution >= 4 is 23.5 Å². The van der Waals surface area contributed by atoms with Crippen LogP contribution in [0.1, 0.15) is 18.5 Å². The standard InChI is InChI=1S/C15H22N6OS.C2HF3O2/c1-23-15-16-6-4-14(17-15)20-7-2-3-12(9-20)10-21-11-13(5-8-22)18-19-21;3-2(4,5)1(6)7/h4,6,11-12,22H,2-3,5,7-10H2,1H3;(H,6,7). The molecular weight excluding hydrogens is 425 g/mol. The molecule has 0 aliphatic carbocycles. The summed E-state index contributed by atoms with van der Waals surface area (Å²) in [5, 5.41) is 25.1. The van der Waals surface area contributed by atoms with E-state index in [-0.39, 0.29) is 6.61 Å². The van der Waals surface area contributed by atoms with E-state index in [1.807, 2.05) is 29.4 Å². The zero-order chi connectivity index (χ0) is 22.1. The second kappa shape index (κ2) is 11.1. The van der Waals surface area contributed by atoms with Gasteiger partial charge in [-0.2, -0.15) is 13.2 Å². The first-order valence-corrected chi connectivity index (χ1v) is 10.4. The number of carbonyl (C=O) groups is 1. The first kappa shape index (κ1) is 23.9. The number of thioether (sulfide) groups is 1. The average Bonchev–Trinajstić information content (AvgIpc) is 3.15. The molecule has 166 valence electrons. The molecule has 1 aliphatic rings. The summed E-state index contributed by atoms with van der Waals surface area (Å²) in [7, 11) is 0. The van der Waals surface area contributed by atoms with Crippen LogP contribution in [0.15, 0.2) is 23.6 Å². The topological polar surface area (TPSA) is 117 Å². The van der Waals surface area contributed by atoms with E-state index in [4.69, 9.17) is 15.0 Å². The van der Waals surface area contributed by atoms with E-state index < -0.39 is 12.1 Å². The van der Waals surface area contributed by atoms with Crippen LogP contribution >= 0.6 is 11.8 Å². The summed E-state index contributed by atoms with van der Waals surface area (Å²) in [6, 6.07) is 1.98. The largest absolute Gasteiger partial charge is 0.490 e. The molecule has 13 heteroatoms. The smallest absolute Gasteiger partial charge is 0.475 e. The second-order valence-electron chi connectivity index (χ2n) is 6.56. The molecule has 0 saturated carbocycles. The number of nitrogens with zero attached hydrogens (tertiary/aromatic N) is 6. The zero-order valence-corrected chi connectivity index (χ0v) is 17.1. The van der Waals surface area contributed by atoms with Crippen molar-refractivity contribution in [1.82, 2.24) is 25.0 Å². The summed E-state index contributed by atoms with van der Waals surface area (Å²) >= 11 is 1.57. The third-order valence-electron chi connectivity index (χ3n) is 4.29. The minimum atomic E-state index is -5.08. The number of anilines is 1. The maximum absolute atomic E-state index is 10.6. The molecule has 2 N–H and O–H groups in total. The van der Waals surface area contributed by atoms with Crippen molar-refractivity contribution in [2.75, 3.05) is 30.9 Å². The van der Waals surface area contributed by atoms with Crippen LogP contribution in [0.3, 0.4) is 0 Å². The Labute approximate surface area is 175 Å². The van der Waals surface area contributed by atoms with Crippen molar-refractivity contribution in [2.24, 2.45) is 5.92 Å². The fourth-order valence-electron chi connectivity index (χ4n) is 2.95. The van der Waals surface area contributed by atoms with Gasteiger partial charge in [-0.15, -0.1) is 5.10 Å². The van der Waals surface area contributed by atoms with Crippen LogP contribution in [0.2, 0.25) is 0 Å². The van der Waals surface area contributed by atoms with Gasteiger partial charge in [0.2, 0.25) is 0 Å². The Kier molecular flexibility index (Phi) is 8.84. The van der Waals surface area contributed by atoms with Gasteiger partial charge in [-0.05, 0) is 31.1 Å². The Bertz CT molecular complexity index is 820. The quantitative estimate of drug-likeness (QED) is 0.504. The van der Waals surface area contributed by atoms with Gasteiger partial charge in [0.05, 0.1) is 5.69 Å². The van der Waals surface area contributed by atoms with Gasteiger partial charge in [-0.25, -0.2) is 14.8 Å². The Morgan fingerprint density at radius 2 is 2.13 bits per heavy atom. The Balaban J connectivity index is 0.000000396. The molecule has 0 bridgehead atoms. The molecule has 0 radical (unpaired) electrons. The number of rotatable bonds is 6. The van der Waals surface area contributed by atoms with E-state index in [1.54, 1.807) is 11.8 Å². The van der Waals surface area contributed by atoms with E-state index in [9.17, 15) is 13.2 Å². The highest BCUT2D eigenvalue weighted by atomic mass is 32.2. The van der Waals surface area contributed by atoms with Gasteiger partial charge < -0.3 is 15.1 Å². The van der Waals surface area contributed by atoms with Gasteiger partial charge >= 0.3 is 12.1 Å². The summed E-state index contributed by atoms with van der Waals surface area (Å²) in [6.07, 6.45) is 3.58. The van der Waals surface area contributed by atoms with Crippen molar-refractivity contribution < 1.29 is 28.2 Å². The van der Waals surface area contributed by atoms with E-state index in [0.29, 0.717) is 12.3 Å². The molecule has 0 aromatic carbocycles. The van der Waals surface area contributed by atoms with Gasteiger partial charge in [-0.3, -0.25) is 4.68 Å². The molecule has 1 unspecified atom stereocenters. The van der Waals surface area contributed by atoms with Crippen molar-refractivity contribution in [3.8, 4) is 0 Å². The number of aliphatic hydroxyl groups excluding tert-OH is 1. The first-order chi connectivity index (χ1) is 14.2. The molecule has 0 amide bonds. The highest BCUT2D eigenvalue weighted by Crippen LogP contribution is 2.23. The molecule has 1 saturated heterocycles. The molecule has 30 heavy (non-hydrogen) atoms. The van der Waals surface area contributed by atoms with Crippen LogP contribution in [0.25, 0.3) is 0 Å². The number of carboxylic acid groups (broad SMARTS) is 1. The third kappa shape index (κ3) is 7.44. The minimum Gasteiger partial charge on any atom is -0.475 e. The number of aliphatic carboxylic acids is 1. The monoisotopic (exact) mass is 448 g/mol. The lowest BCUT2D eigenvalue weighted by Crippen LogP contribution is -2.37. The number of aromatic nitrogens is 5. The predicted molar refractivity (Wildman–Crippen MR) is 103 cm³/mol. The minimum absolute atomic E-state index is 0.112. The fraction of sp³-hybridized carbons (Fsp3) is 0.588. The normalized spacial score (nSPS) is 16.7.